The maximum atomic E-state index is 12.3. The Morgan fingerprint density at radius 3 is 2.75 bits per heavy atom. The van der Waals surface area contributed by atoms with Crippen LogP contribution < -0.4 is 15.4 Å². The van der Waals surface area contributed by atoms with Crippen LogP contribution >= 0.6 is 0 Å². The lowest BCUT2D eigenvalue weighted by Gasteiger charge is -2.14. The summed E-state index contributed by atoms with van der Waals surface area (Å²) in [6.45, 7) is 3.98. The number of aromatic nitrogens is 3. The molecule has 0 atom stereocenters. The molecule has 7 heteroatoms. The molecule has 1 aliphatic rings. The Labute approximate surface area is 189 Å². The molecule has 0 saturated heterocycles. The standard InChI is InChI=1S/C25H31N5O2/c1-2-3-18-32-20-13-11-19(12-14-20)28-25(31)27-16-17-30-23-10-5-4-8-21(23)24(29-30)22-9-6-7-15-26-22/h6-7,9,11-15H,2-5,8,10,16-18H2,1H3,(H2,27,28,31). The summed E-state index contributed by atoms with van der Waals surface area (Å²) < 4.78 is 7.70. The van der Waals surface area contributed by atoms with E-state index >= 15 is 0 Å². The van der Waals surface area contributed by atoms with Crippen molar-refractivity contribution in [2.45, 2.75) is 52.0 Å². The number of pyridine rings is 1. The van der Waals surface area contributed by atoms with Crippen molar-refractivity contribution in [3.05, 3.63) is 59.9 Å². The van der Waals surface area contributed by atoms with E-state index in [9.17, 15) is 4.79 Å². The van der Waals surface area contributed by atoms with Crippen LogP contribution in [0.5, 0.6) is 5.75 Å². The van der Waals surface area contributed by atoms with Crippen LogP contribution in [0.3, 0.4) is 0 Å². The molecular formula is C25H31N5O2. The van der Waals surface area contributed by atoms with Gasteiger partial charge in [-0.05, 0) is 68.5 Å². The molecule has 168 valence electrons. The number of benzene rings is 1. The van der Waals surface area contributed by atoms with Crippen molar-refractivity contribution in [1.29, 1.82) is 0 Å². The van der Waals surface area contributed by atoms with Crippen LogP contribution in [0.15, 0.2) is 48.7 Å². The quantitative estimate of drug-likeness (QED) is 0.474. The van der Waals surface area contributed by atoms with Crippen molar-refractivity contribution in [2.75, 3.05) is 18.5 Å². The van der Waals surface area contributed by atoms with E-state index in [2.05, 4.69) is 22.5 Å². The molecule has 0 aliphatic heterocycles. The first-order chi connectivity index (χ1) is 15.7. The third kappa shape index (κ3) is 5.46. The monoisotopic (exact) mass is 433 g/mol. The van der Waals surface area contributed by atoms with Gasteiger partial charge < -0.3 is 15.4 Å². The number of hydrogen-bond donors (Lipinski definition) is 2. The Morgan fingerprint density at radius 1 is 1.12 bits per heavy atom. The second-order valence-corrected chi connectivity index (χ2v) is 8.03. The molecule has 2 N–H and O–H groups in total. The molecule has 0 bridgehead atoms. The zero-order chi connectivity index (χ0) is 22.2. The molecule has 32 heavy (non-hydrogen) atoms. The minimum absolute atomic E-state index is 0.226. The fourth-order valence-electron chi connectivity index (χ4n) is 3.98. The van der Waals surface area contributed by atoms with Crippen molar-refractivity contribution < 1.29 is 9.53 Å². The van der Waals surface area contributed by atoms with Gasteiger partial charge in [-0.2, -0.15) is 5.10 Å². The van der Waals surface area contributed by atoms with Gasteiger partial charge in [0.25, 0.3) is 0 Å². The van der Waals surface area contributed by atoms with Gasteiger partial charge in [-0.1, -0.05) is 19.4 Å². The van der Waals surface area contributed by atoms with Gasteiger partial charge in [0.15, 0.2) is 0 Å². The molecular weight excluding hydrogens is 402 g/mol. The van der Waals surface area contributed by atoms with Crippen LogP contribution in [-0.2, 0) is 19.4 Å². The van der Waals surface area contributed by atoms with Gasteiger partial charge >= 0.3 is 6.03 Å². The van der Waals surface area contributed by atoms with E-state index in [0.29, 0.717) is 19.7 Å². The van der Waals surface area contributed by atoms with Crippen molar-refractivity contribution in [3.63, 3.8) is 0 Å². The van der Waals surface area contributed by atoms with Crippen LogP contribution in [0.2, 0.25) is 0 Å². The number of carbonyl (C=O) groups is 1. The highest BCUT2D eigenvalue weighted by molar-refractivity contribution is 5.89. The average molecular weight is 434 g/mol. The van der Waals surface area contributed by atoms with E-state index < -0.39 is 0 Å². The first-order valence-corrected chi connectivity index (χ1v) is 11.5. The third-order valence-electron chi connectivity index (χ3n) is 5.65. The number of fused-ring (bicyclic) bond motifs is 1. The number of rotatable bonds is 9. The summed E-state index contributed by atoms with van der Waals surface area (Å²) in [7, 11) is 0. The number of amides is 2. The Morgan fingerprint density at radius 2 is 1.97 bits per heavy atom. The molecule has 0 unspecified atom stereocenters. The summed E-state index contributed by atoms with van der Waals surface area (Å²) in [5, 5.41) is 10.7. The Hall–Kier alpha value is -3.35. The van der Waals surface area contributed by atoms with Crippen LogP contribution in [0.1, 0.15) is 43.9 Å². The van der Waals surface area contributed by atoms with Crippen molar-refractivity contribution in [3.8, 4) is 17.1 Å². The van der Waals surface area contributed by atoms with E-state index in [4.69, 9.17) is 9.84 Å². The second-order valence-electron chi connectivity index (χ2n) is 8.03. The van der Waals surface area contributed by atoms with Crippen molar-refractivity contribution in [2.24, 2.45) is 0 Å². The number of ether oxygens (including phenoxy) is 1. The maximum Gasteiger partial charge on any atom is 0.319 e. The Balaban J connectivity index is 1.31. The van der Waals surface area contributed by atoms with Crippen LogP contribution in [0.25, 0.3) is 11.4 Å². The van der Waals surface area contributed by atoms with Gasteiger partial charge in [-0.15, -0.1) is 0 Å². The van der Waals surface area contributed by atoms with Gasteiger partial charge in [0.2, 0.25) is 0 Å². The lowest BCUT2D eigenvalue weighted by Crippen LogP contribution is -2.32. The summed E-state index contributed by atoms with van der Waals surface area (Å²) in [6, 6.07) is 13.1. The molecule has 0 fully saturated rings. The van der Waals surface area contributed by atoms with Gasteiger partial charge in [0.05, 0.1) is 18.8 Å². The molecule has 7 nitrogen and oxygen atoms in total. The molecule has 3 aromatic rings. The number of nitrogens with one attached hydrogen (secondary N) is 2. The van der Waals surface area contributed by atoms with Gasteiger partial charge in [-0.3, -0.25) is 9.67 Å². The first-order valence-electron chi connectivity index (χ1n) is 11.5. The molecule has 1 aliphatic carbocycles. The fourth-order valence-corrected chi connectivity index (χ4v) is 3.98. The van der Waals surface area contributed by atoms with Crippen LogP contribution in [0, 0.1) is 0 Å². The zero-order valence-corrected chi connectivity index (χ0v) is 18.6. The van der Waals surface area contributed by atoms with E-state index in [1.54, 1.807) is 6.20 Å². The first kappa shape index (κ1) is 21.9. The third-order valence-corrected chi connectivity index (χ3v) is 5.65. The normalized spacial score (nSPS) is 12.8. The fraction of sp³-hybridized carbons (Fsp3) is 0.400. The molecule has 2 amide bonds. The smallest absolute Gasteiger partial charge is 0.319 e. The highest BCUT2D eigenvalue weighted by Gasteiger charge is 2.22. The highest BCUT2D eigenvalue weighted by Crippen LogP contribution is 2.30. The van der Waals surface area contributed by atoms with Crippen LogP contribution in [0.4, 0.5) is 10.5 Å². The number of anilines is 1. The SMILES string of the molecule is CCCCOc1ccc(NC(=O)NCCn2nc(-c3ccccn3)c3c2CCCC3)cc1. The molecule has 0 spiro atoms. The van der Waals surface area contributed by atoms with Crippen molar-refractivity contribution in [1.82, 2.24) is 20.1 Å². The largest absolute Gasteiger partial charge is 0.494 e. The summed E-state index contributed by atoms with van der Waals surface area (Å²) in [6.07, 6.45) is 8.35. The molecule has 0 saturated carbocycles. The minimum atomic E-state index is -0.226. The van der Waals surface area contributed by atoms with E-state index in [1.807, 2.05) is 47.1 Å². The van der Waals surface area contributed by atoms with Crippen LogP contribution in [-0.4, -0.2) is 33.9 Å². The topological polar surface area (TPSA) is 81.1 Å². The van der Waals surface area contributed by atoms with E-state index in [0.717, 1.165) is 48.5 Å². The minimum Gasteiger partial charge on any atom is -0.494 e. The molecule has 1 aromatic carbocycles. The lowest BCUT2D eigenvalue weighted by molar-refractivity contribution is 0.251. The number of carbonyl (C=O) groups excluding carboxylic acids is 1. The highest BCUT2D eigenvalue weighted by atomic mass is 16.5. The maximum absolute atomic E-state index is 12.3. The summed E-state index contributed by atoms with van der Waals surface area (Å²) in [5.74, 6) is 0.816. The summed E-state index contributed by atoms with van der Waals surface area (Å²) in [5.41, 5.74) is 5.21. The summed E-state index contributed by atoms with van der Waals surface area (Å²) >= 11 is 0. The van der Waals surface area contributed by atoms with Gasteiger partial charge in [0, 0.05) is 29.7 Å². The molecule has 4 rings (SSSR count). The average Bonchev–Trinajstić information content (AvgIpc) is 3.20. The molecule has 2 heterocycles. The predicted molar refractivity (Wildman–Crippen MR) is 126 cm³/mol. The Bertz CT molecular complexity index is 1010. The number of urea groups is 1. The van der Waals surface area contributed by atoms with E-state index in [-0.39, 0.29) is 6.03 Å². The molecule has 2 aromatic heterocycles. The Kier molecular flexibility index (Phi) is 7.38. The van der Waals surface area contributed by atoms with Crippen molar-refractivity contribution >= 4 is 11.7 Å². The van der Waals surface area contributed by atoms with E-state index in [1.165, 1.54) is 24.1 Å². The number of unbranched alkanes of at least 4 members (excludes halogenated alkanes) is 1. The second kappa shape index (κ2) is 10.8. The summed E-state index contributed by atoms with van der Waals surface area (Å²) in [4.78, 5) is 16.8. The molecule has 0 radical (unpaired) electrons. The zero-order valence-electron chi connectivity index (χ0n) is 18.6. The lowest BCUT2D eigenvalue weighted by atomic mass is 9.95. The predicted octanol–water partition coefficient (Wildman–Crippen LogP) is 4.82. The number of nitrogens with zero attached hydrogens (tertiary/aromatic N) is 3. The van der Waals surface area contributed by atoms with Gasteiger partial charge in [0.1, 0.15) is 11.4 Å². The van der Waals surface area contributed by atoms with Gasteiger partial charge in [-0.25, -0.2) is 4.79 Å². The number of hydrogen-bond acceptors (Lipinski definition) is 4.